The van der Waals surface area contributed by atoms with Gasteiger partial charge in [-0.15, -0.1) is 11.3 Å². The van der Waals surface area contributed by atoms with Crippen LogP contribution >= 0.6 is 11.3 Å². The van der Waals surface area contributed by atoms with E-state index in [-0.39, 0.29) is 11.7 Å². The first-order valence-electron chi connectivity index (χ1n) is 7.69. The smallest absolute Gasteiger partial charge is 0.269 e. The molecule has 0 spiro atoms. The summed E-state index contributed by atoms with van der Waals surface area (Å²) >= 11 is 1.29. The van der Waals surface area contributed by atoms with E-state index in [1.54, 1.807) is 42.0 Å². The maximum atomic E-state index is 13.4. The molecule has 0 radical (unpaired) electrons. The summed E-state index contributed by atoms with van der Waals surface area (Å²) < 4.78 is 15.0. The standard InChI is InChI=1S/C17H17FN4O2S/c1-9(2)14(15(19)23)21-16(24)13-8-25-17-20-12(7-22(13)17)10-4-3-5-11(18)6-10/h3-9,14H,1-2H3,(H2,19,23)(H,21,24)/t14-/m0/s1. The van der Waals surface area contributed by atoms with Gasteiger partial charge in [0.05, 0.1) is 5.69 Å². The van der Waals surface area contributed by atoms with E-state index in [4.69, 9.17) is 5.73 Å². The Morgan fingerprint density at radius 2 is 2.12 bits per heavy atom. The lowest BCUT2D eigenvalue weighted by Crippen LogP contribution is -2.47. The minimum absolute atomic E-state index is 0.124. The van der Waals surface area contributed by atoms with Crippen LogP contribution in [-0.2, 0) is 4.79 Å². The predicted octanol–water partition coefficient (Wildman–Crippen LogP) is 2.44. The molecule has 0 saturated carbocycles. The summed E-state index contributed by atoms with van der Waals surface area (Å²) in [7, 11) is 0. The number of nitrogens with one attached hydrogen (secondary N) is 1. The molecular weight excluding hydrogens is 343 g/mol. The quantitative estimate of drug-likeness (QED) is 0.732. The third kappa shape index (κ3) is 3.39. The van der Waals surface area contributed by atoms with Gasteiger partial charge in [-0.05, 0) is 18.1 Å². The molecule has 2 heterocycles. The second-order valence-corrected chi connectivity index (χ2v) is 6.84. The van der Waals surface area contributed by atoms with Gasteiger partial charge in [-0.2, -0.15) is 0 Å². The molecule has 1 atom stereocenters. The van der Waals surface area contributed by atoms with Gasteiger partial charge in [0.25, 0.3) is 5.91 Å². The lowest BCUT2D eigenvalue weighted by atomic mass is 10.0. The van der Waals surface area contributed by atoms with Crippen molar-refractivity contribution < 1.29 is 14.0 Å². The number of carbonyl (C=O) groups excluding carboxylic acids is 2. The summed E-state index contributed by atoms with van der Waals surface area (Å²) in [5.41, 5.74) is 6.88. The summed E-state index contributed by atoms with van der Waals surface area (Å²) in [6.45, 7) is 3.61. The van der Waals surface area contributed by atoms with Crippen molar-refractivity contribution in [2.75, 3.05) is 0 Å². The van der Waals surface area contributed by atoms with E-state index >= 15 is 0 Å². The van der Waals surface area contributed by atoms with Gasteiger partial charge in [-0.25, -0.2) is 9.37 Å². The molecule has 0 saturated heterocycles. The first-order valence-corrected chi connectivity index (χ1v) is 8.57. The van der Waals surface area contributed by atoms with Gasteiger partial charge < -0.3 is 11.1 Å². The third-order valence-corrected chi connectivity index (χ3v) is 4.66. The van der Waals surface area contributed by atoms with Crippen LogP contribution < -0.4 is 11.1 Å². The number of imidazole rings is 1. The van der Waals surface area contributed by atoms with Crippen LogP contribution in [0.25, 0.3) is 16.2 Å². The first-order chi connectivity index (χ1) is 11.9. The van der Waals surface area contributed by atoms with Gasteiger partial charge in [0.15, 0.2) is 4.96 Å². The number of hydrogen-bond acceptors (Lipinski definition) is 4. The Labute approximate surface area is 147 Å². The molecule has 25 heavy (non-hydrogen) atoms. The highest BCUT2D eigenvalue weighted by Gasteiger charge is 2.24. The molecule has 3 aromatic rings. The number of primary amides is 1. The maximum absolute atomic E-state index is 13.4. The number of aromatic nitrogens is 2. The molecule has 8 heteroatoms. The lowest BCUT2D eigenvalue weighted by Gasteiger charge is -2.18. The number of thiazole rings is 1. The Hall–Kier alpha value is -2.74. The van der Waals surface area contributed by atoms with Crippen LogP contribution in [0.5, 0.6) is 0 Å². The van der Waals surface area contributed by atoms with Crippen molar-refractivity contribution >= 4 is 28.1 Å². The van der Waals surface area contributed by atoms with Crippen molar-refractivity contribution in [2.24, 2.45) is 11.7 Å². The van der Waals surface area contributed by atoms with E-state index in [0.717, 1.165) is 0 Å². The molecule has 6 nitrogen and oxygen atoms in total. The van der Waals surface area contributed by atoms with E-state index in [1.807, 2.05) is 0 Å². The average Bonchev–Trinajstić information content (AvgIpc) is 3.12. The number of halogens is 1. The zero-order valence-corrected chi connectivity index (χ0v) is 14.5. The van der Waals surface area contributed by atoms with Gasteiger partial charge in [0.1, 0.15) is 17.6 Å². The SMILES string of the molecule is CC(C)[C@H](NC(=O)c1csc2nc(-c3cccc(F)c3)cn12)C(N)=O. The molecule has 0 aliphatic heterocycles. The minimum atomic E-state index is -0.756. The number of hydrogen-bond donors (Lipinski definition) is 2. The second-order valence-electron chi connectivity index (χ2n) is 6.01. The molecular formula is C17H17FN4O2S. The van der Waals surface area contributed by atoms with Gasteiger partial charge >= 0.3 is 0 Å². The van der Waals surface area contributed by atoms with E-state index in [1.165, 1.54) is 23.5 Å². The van der Waals surface area contributed by atoms with Crippen LogP contribution in [0, 0.1) is 11.7 Å². The van der Waals surface area contributed by atoms with Crippen molar-refractivity contribution in [1.82, 2.24) is 14.7 Å². The highest BCUT2D eigenvalue weighted by molar-refractivity contribution is 7.15. The molecule has 2 amide bonds. The Balaban J connectivity index is 1.93. The molecule has 0 fully saturated rings. The second kappa shape index (κ2) is 6.64. The van der Waals surface area contributed by atoms with Crippen LogP contribution in [0.1, 0.15) is 24.3 Å². The van der Waals surface area contributed by atoms with E-state index in [9.17, 15) is 14.0 Å². The zero-order valence-electron chi connectivity index (χ0n) is 13.7. The fourth-order valence-corrected chi connectivity index (χ4v) is 3.37. The number of nitrogens with zero attached hydrogens (tertiary/aromatic N) is 2. The fourth-order valence-electron chi connectivity index (χ4n) is 2.52. The Morgan fingerprint density at radius 3 is 2.76 bits per heavy atom. The van der Waals surface area contributed by atoms with Crippen molar-refractivity contribution in [3.63, 3.8) is 0 Å². The van der Waals surface area contributed by atoms with Crippen LogP contribution in [0.4, 0.5) is 4.39 Å². The number of benzene rings is 1. The van der Waals surface area contributed by atoms with Gasteiger partial charge in [0, 0.05) is 17.1 Å². The Kier molecular flexibility index (Phi) is 4.54. The summed E-state index contributed by atoms with van der Waals surface area (Å²) in [6, 6.07) is 5.34. The number of nitrogens with two attached hydrogens (primary N) is 1. The number of carbonyl (C=O) groups is 2. The Morgan fingerprint density at radius 1 is 1.36 bits per heavy atom. The van der Waals surface area contributed by atoms with Crippen molar-refractivity contribution in [3.05, 3.63) is 47.4 Å². The summed E-state index contributed by atoms with van der Waals surface area (Å²) in [6.07, 6.45) is 1.67. The van der Waals surface area contributed by atoms with Crippen LogP contribution in [0.3, 0.4) is 0 Å². The molecule has 130 valence electrons. The summed E-state index contributed by atoms with van der Waals surface area (Å²) in [5.74, 6) is -1.47. The van der Waals surface area contributed by atoms with Crippen molar-refractivity contribution in [1.29, 1.82) is 0 Å². The van der Waals surface area contributed by atoms with Crippen LogP contribution in [-0.4, -0.2) is 27.2 Å². The largest absolute Gasteiger partial charge is 0.368 e. The van der Waals surface area contributed by atoms with Crippen LogP contribution in [0.2, 0.25) is 0 Å². The molecule has 0 aliphatic rings. The van der Waals surface area contributed by atoms with Crippen LogP contribution in [0.15, 0.2) is 35.8 Å². The molecule has 1 aromatic carbocycles. The van der Waals surface area contributed by atoms with E-state index in [2.05, 4.69) is 10.3 Å². The normalized spacial score (nSPS) is 12.5. The first kappa shape index (κ1) is 17.1. The fraction of sp³-hybridized carbons (Fsp3) is 0.235. The van der Waals surface area contributed by atoms with Gasteiger partial charge in [-0.1, -0.05) is 26.0 Å². The molecule has 3 rings (SSSR count). The highest BCUT2D eigenvalue weighted by Crippen LogP contribution is 2.24. The number of amides is 2. The Bertz CT molecular complexity index is 947. The number of fused-ring (bicyclic) bond motifs is 1. The zero-order chi connectivity index (χ0) is 18.1. The van der Waals surface area contributed by atoms with Crippen molar-refractivity contribution in [3.8, 4) is 11.3 Å². The molecule has 0 bridgehead atoms. The molecule has 3 N–H and O–H groups in total. The third-order valence-electron chi connectivity index (χ3n) is 3.82. The van der Waals surface area contributed by atoms with E-state index in [0.29, 0.717) is 21.9 Å². The molecule has 2 aromatic heterocycles. The van der Waals surface area contributed by atoms with Gasteiger partial charge in [0.2, 0.25) is 5.91 Å². The topological polar surface area (TPSA) is 89.5 Å². The van der Waals surface area contributed by atoms with Gasteiger partial charge in [-0.3, -0.25) is 14.0 Å². The highest BCUT2D eigenvalue weighted by atomic mass is 32.1. The predicted molar refractivity (Wildman–Crippen MR) is 93.7 cm³/mol. The minimum Gasteiger partial charge on any atom is -0.368 e. The van der Waals surface area contributed by atoms with Crippen molar-refractivity contribution in [2.45, 2.75) is 19.9 Å². The monoisotopic (exact) mass is 360 g/mol. The van der Waals surface area contributed by atoms with E-state index < -0.39 is 17.9 Å². The average molecular weight is 360 g/mol. The number of rotatable bonds is 5. The summed E-state index contributed by atoms with van der Waals surface area (Å²) in [5, 5.41) is 4.31. The summed E-state index contributed by atoms with van der Waals surface area (Å²) in [4.78, 5) is 29.0. The molecule has 0 unspecified atom stereocenters. The lowest BCUT2D eigenvalue weighted by molar-refractivity contribution is -0.120. The maximum Gasteiger partial charge on any atom is 0.269 e. The molecule has 0 aliphatic carbocycles.